The lowest BCUT2D eigenvalue weighted by Crippen LogP contribution is -3.00. The van der Waals surface area contributed by atoms with E-state index >= 15 is 0 Å². The van der Waals surface area contributed by atoms with Crippen molar-refractivity contribution in [2.45, 2.75) is 118 Å². The SMILES string of the molecule is CCCCCCCCCCCCCCOc1cccc(OCC(=O)N(Cc2cccc[n+]2CC)C(C)=O)c1C.[I-]. The lowest BCUT2D eigenvalue weighted by molar-refractivity contribution is -0.701. The molecule has 7 heteroatoms. The molecule has 224 valence electrons. The zero-order valence-electron chi connectivity index (χ0n) is 25.3. The van der Waals surface area contributed by atoms with Crippen LogP contribution >= 0.6 is 0 Å². The number of rotatable bonds is 20. The van der Waals surface area contributed by atoms with E-state index in [2.05, 4.69) is 6.92 Å². The van der Waals surface area contributed by atoms with Crippen LogP contribution in [0.4, 0.5) is 0 Å². The second kappa shape index (κ2) is 21.6. The third-order valence-corrected chi connectivity index (χ3v) is 7.22. The van der Waals surface area contributed by atoms with Crippen molar-refractivity contribution < 1.29 is 47.6 Å². The van der Waals surface area contributed by atoms with Gasteiger partial charge in [0, 0.05) is 24.6 Å². The van der Waals surface area contributed by atoms with Crippen LogP contribution in [-0.2, 0) is 22.7 Å². The fourth-order valence-corrected chi connectivity index (χ4v) is 4.75. The first kappa shape index (κ1) is 35.9. The average molecular weight is 667 g/mol. The number of imide groups is 1. The Bertz CT molecular complexity index is 998. The molecule has 0 aliphatic carbocycles. The maximum atomic E-state index is 12.9. The highest BCUT2D eigenvalue weighted by Gasteiger charge is 2.23. The van der Waals surface area contributed by atoms with Crippen LogP contribution in [0.5, 0.6) is 11.5 Å². The number of halogens is 1. The highest BCUT2D eigenvalue weighted by Crippen LogP contribution is 2.27. The summed E-state index contributed by atoms with van der Waals surface area (Å²) in [5.74, 6) is 0.713. The molecule has 2 amide bonds. The smallest absolute Gasteiger partial charge is 0.267 e. The summed E-state index contributed by atoms with van der Waals surface area (Å²) in [6, 6.07) is 11.4. The summed E-state index contributed by atoms with van der Waals surface area (Å²) in [6.45, 7) is 9.09. The van der Waals surface area contributed by atoms with E-state index in [4.69, 9.17) is 9.47 Å². The number of ether oxygens (including phenoxy) is 2. The molecule has 0 atom stereocenters. The van der Waals surface area contributed by atoms with Crippen LogP contribution in [0.1, 0.15) is 109 Å². The zero-order chi connectivity index (χ0) is 28.3. The number of hydrogen-bond donors (Lipinski definition) is 0. The Kier molecular flexibility index (Phi) is 19.3. The number of carbonyl (C=O) groups excluding carboxylic acids is 2. The molecule has 0 aliphatic heterocycles. The molecule has 1 heterocycles. The van der Waals surface area contributed by atoms with Gasteiger partial charge in [0.1, 0.15) is 24.6 Å². The van der Waals surface area contributed by atoms with Gasteiger partial charge in [0.05, 0.1) is 6.61 Å². The average Bonchev–Trinajstić information content (AvgIpc) is 2.94. The molecule has 2 rings (SSSR count). The van der Waals surface area contributed by atoms with Gasteiger partial charge in [0.2, 0.25) is 11.6 Å². The van der Waals surface area contributed by atoms with E-state index < -0.39 is 0 Å². The van der Waals surface area contributed by atoms with Crippen LogP contribution in [0, 0.1) is 6.92 Å². The highest BCUT2D eigenvalue weighted by atomic mass is 127. The van der Waals surface area contributed by atoms with Gasteiger partial charge in [-0.05, 0) is 32.4 Å². The van der Waals surface area contributed by atoms with Gasteiger partial charge in [-0.15, -0.1) is 0 Å². The summed E-state index contributed by atoms with van der Waals surface area (Å²) in [7, 11) is 0. The maximum absolute atomic E-state index is 12.9. The Balaban J connectivity index is 0.00000800. The molecular formula is C33H51IN2O4. The van der Waals surface area contributed by atoms with Gasteiger partial charge in [-0.3, -0.25) is 14.5 Å². The summed E-state index contributed by atoms with van der Waals surface area (Å²) in [4.78, 5) is 26.4. The van der Waals surface area contributed by atoms with Crippen LogP contribution in [0.25, 0.3) is 0 Å². The molecule has 0 saturated carbocycles. The Morgan fingerprint density at radius 3 is 1.93 bits per heavy atom. The van der Waals surface area contributed by atoms with Crippen molar-refractivity contribution in [1.82, 2.24) is 4.90 Å². The van der Waals surface area contributed by atoms with E-state index in [9.17, 15) is 9.59 Å². The maximum Gasteiger partial charge on any atom is 0.267 e. The molecule has 0 aliphatic rings. The summed E-state index contributed by atoms with van der Waals surface area (Å²) < 4.78 is 13.9. The molecular weight excluding hydrogens is 615 g/mol. The molecule has 0 saturated heterocycles. The molecule has 0 radical (unpaired) electrons. The van der Waals surface area contributed by atoms with Gasteiger partial charge in [0.15, 0.2) is 12.8 Å². The van der Waals surface area contributed by atoms with E-state index in [1.807, 2.05) is 61.0 Å². The first-order chi connectivity index (χ1) is 19.0. The summed E-state index contributed by atoms with van der Waals surface area (Å²) in [5.41, 5.74) is 1.76. The summed E-state index contributed by atoms with van der Waals surface area (Å²) >= 11 is 0. The van der Waals surface area contributed by atoms with Crippen molar-refractivity contribution in [1.29, 1.82) is 0 Å². The molecule has 0 unspecified atom stereocenters. The minimum Gasteiger partial charge on any atom is -1.00 e. The van der Waals surface area contributed by atoms with Crippen molar-refractivity contribution in [3.8, 4) is 11.5 Å². The van der Waals surface area contributed by atoms with Gasteiger partial charge < -0.3 is 33.5 Å². The number of amides is 2. The van der Waals surface area contributed by atoms with E-state index in [1.165, 1.54) is 82.5 Å². The second-order valence-corrected chi connectivity index (χ2v) is 10.4. The van der Waals surface area contributed by atoms with Crippen LogP contribution < -0.4 is 38.0 Å². The van der Waals surface area contributed by atoms with Gasteiger partial charge in [-0.1, -0.05) is 89.7 Å². The molecule has 0 N–H and O–H groups in total. The molecule has 1 aromatic carbocycles. The largest absolute Gasteiger partial charge is 1.00 e. The number of unbranched alkanes of at least 4 members (excludes halogenated alkanes) is 11. The Morgan fingerprint density at radius 1 is 0.775 bits per heavy atom. The number of hydrogen-bond acceptors (Lipinski definition) is 4. The van der Waals surface area contributed by atoms with Gasteiger partial charge in [-0.25, -0.2) is 4.57 Å². The van der Waals surface area contributed by atoms with Gasteiger partial charge in [-0.2, -0.15) is 0 Å². The summed E-state index contributed by atoms with van der Waals surface area (Å²) in [6.07, 6.45) is 17.7. The van der Waals surface area contributed by atoms with E-state index in [0.29, 0.717) is 12.4 Å². The third kappa shape index (κ3) is 13.5. The Morgan fingerprint density at radius 2 is 1.35 bits per heavy atom. The standard InChI is InChI=1S/C33H51N2O4.HI/c1-5-7-8-9-10-11-12-13-14-15-16-19-25-38-31-22-20-23-32(28(31)3)39-27-33(37)35(29(4)36)26-30-21-17-18-24-34(30)6-2;/h17-18,20-24H,5-16,19,25-27H2,1-4H3;1H/q+1;/p-1. The normalized spacial score (nSPS) is 10.6. The van der Waals surface area contributed by atoms with Crippen molar-refractivity contribution in [2.24, 2.45) is 0 Å². The number of carbonyl (C=O) groups is 2. The predicted molar refractivity (Wildman–Crippen MR) is 157 cm³/mol. The number of nitrogens with zero attached hydrogens (tertiary/aromatic N) is 2. The van der Waals surface area contributed by atoms with Crippen molar-refractivity contribution in [3.05, 3.63) is 53.9 Å². The van der Waals surface area contributed by atoms with E-state index in [1.54, 1.807) is 0 Å². The Labute approximate surface area is 259 Å². The number of aromatic nitrogens is 1. The topological polar surface area (TPSA) is 59.7 Å². The number of benzene rings is 1. The van der Waals surface area contributed by atoms with Crippen molar-refractivity contribution in [3.63, 3.8) is 0 Å². The zero-order valence-corrected chi connectivity index (χ0v) is 27.4. The predicted octanol–water partition coefficient (Wildman–Crippen LogP) is 4.34. The van der Waals surface area contributed by atoms with Crippen molar-refractivity contribution in [2.75, 3.05) is 13.2 Å². The first-order valence-corrected chi connectivity index (χ1v) is 15.1. The minimum atomic E-state index is -0.365. The lowest BCUT2D eigenvalue weighted by Gasteiger charge is -2.19. The first-order valence-electron chi connectivity index (χ1n) is 15.1. The van der Waals surface area contributed by atoms with Crippen LogP contribution in [0.2, 0.25) is 0 Å². The second-order valence-electron chi connectivity index (χ2n) is 10.4. The highest BCUT2D eigenvalue weighted by molar-refractivity contribution is 5.94. The van der Waals surface area contributed by atoms with E-state index in [-0.39, 0.29) is 48.9 Å². The molecule has 2 aromatic rings. The number of aryl methyl sites for hydroxylation is 1. The van der Waals surface area contributed by atoms with Gasteiger partial charge >= 0.3 is 0 Å². The summed E-state index contributed by atoms with van der Waals surface area (Å²) in [5, 5.41) is 0. The van der Waals surface area contributed by atoms with Crippen LogP contribution in [-0.4, -0.2) is 29.9 Å². The van der Waals surface area contributed by atoms with Crippen LogP contribution in [0.15, 0.2) is 42.6 Å². The molecule has 0 spiro atoms. The molecule has 0 fully saturated rings. The van der Waals surface area contributed by atoms with Crippen molar-refractivity contribution >= 4 is 11.8 Å². The number of pyridine rings is 1. The molecule has 40 heavy (non-hydrogen) atoms. The lowest BCUT2D eigenvalue weighted by atomic mass is 10.1. The monoisotopic (exact) mass is 666 g/mol. The fraction of sp³-hybridized carbons (Fsp3) is 0.606. The Hall–Kier alpha value is -2.16. The van der Waals surface area contributed by atoms with Crippen LogP contribution in [0.3, 0.4) is 0 Å². The van der Waals surface area contributed by atoms with Gasteiger partial charge in [0.25, 0.3) is 5.91 Å². The third-order valence-electron chi connectivity index (χ3n) is 7.22. The molecule has 1 aromatic heterocycles. The minimum absolute atomic E-state index is 0. The van der Waals surface area contributed by atoms with E-state index in [0.717, 1.165) is 30.0 Å². The fourth-order valence-electron chi connectivity index (χ4n) is 4.75. The quantitative estimate of drug-likeness (QED) is 0.120. The molecule has 0 bridgehead atoms. The molecule has 6 nitrogen and oxygen atoms in total.